The van der Waals surface area contributed by atoms with Crippen molar-refractivity contribution in [1.29, 1.82) is 0 Å². The van der Waals surface area contributed by atoms with Gasteiger partial charge in [0.05, 0.1) is 18.8 Å². The zero-order valence-electron chi connectivity index (χ0n) is 12.8. The van der Waals surface area contributed by atoms with Crippen LogP contribution in [0.15, 0.2) is 55.0 Å². The average molecular weight is 293 g/mol. The van der Waals surface area contributed by atoms with E-state index in [0.717, 1.165) is 17.8 Å². The van der Waals surface area contributed by atoms with Gasteiger partial charge in [-0.2, -0.15) is 5.10 Å². The van der Waals surface area contributed by atoms with Crippen LogP contribution in [0.2, 0.25) is 0 Å². The fourth-order valence-electron chi connectivity index (χ4n) is 2.26. The van der Waals surface area contributed by atoms with Gasteiger partial charge in [-0.15, -0.1) is 0 Å². The highest BCUT2D eigenvalue weighted by Crippen LogP contribution is 2.16. The second-order valence-electron chi connectivity index (χ2n) is 5.34. The highest BCUT2D eigenvalue weighted by Gasteiger charge is 2.09. The molecular weight excluding hydrogens is 274 g/mol. The second kappa shape index (κ2) is 6.39. The average Bonchev–Trinajstić information content (AvgIpc) is 2.97. The van der Waals surface area contributed by atoms with Crippen LogP contribution in [-0.2, 0) is 6.54 Å². The molecule has 0 aliphatic heterocycles. The van der Waals surface area contributed by atoms with Gasteiger partial charge in [-0.3, -0.25) is 4.68 Å². The molecule has 0 amide bonds. The number of nitrogens with zero attached hydrogens (tertiary/aromatic N) is 4. The van der Waals surface area contributed by atoms with Crippen molar-refractivity contribution in [2.24, 2.45) is 0 Å². The molecule has 5 heteroatoms. The number of hydrogen-bond acceptors (Lipinski definition) is 4. The normalized spacial score (nSPS) is 12.1. The topological polar surface area (TPSA) is 55.6 Å². The summed E-state index contributed by atoms with van der Waals surface area (Å²) < 4.78 is 1.94. The quantitative estimate of drug-likeness (QED) is 0.785. The Bertz CT molecular complexity index is 736. The molecule has 2 aromatic heterocycles. The van der Waals surface area contributed by atoms with Crippen molar-refractivity contribution in [3.8, 4) is 0 Å². The van der Waals surface area contributed by atoms with Crippen LogP contribution in [0.4, 0.5) is 5.95 Å². The number of rotatable bonds is 5. The minimum atomic E-state index is 0.103. The largest absolute Gasteiger partial charge is 0.348 e. The zero-order chi connectivity index (χ0) is 15.4. The maximum Gasteiger partial charge on any atom is 0.223 e. The molecule has 22 heavy (non-hydrogen) atoms. The summed E-state index contributed by atoms with van der Waals surface area (Å²) in [6, 6.07) is 12.3. The molecule has 0 bridgehead atoms. The zero-order valence-corrected chi connectivity index (χ0v) is 12.8. The summed E-state index contributed by atoms with van der Waals surface area (Å²) in [4.78, 5) is 8.59. The molecule has 0 spiro atoms. The number of nitrogens with one attached hydrogen (secondary N) is 1. The Balaban J connectivity index is 1.68. The molecular formula is C17H19N5. The van der Waals surface area contributed by atoms with Gasteiger partial charge in [0, 0.05) is 23.7 Å². The number of hydrogen-bond donors (Lipinski definition) is 1. The van der Waals surface area contributed by atoms with Crippen molar-refractivity contribution < 1.29 is 0 Å². The molecule has 0 saturated carbocycles. The van der Waals surface area contributed by atoms with Gasteiger partial charge in [0.25, 0.3) is 0 Å². The van der Waals surface area contributed by atoms with E-state index in [1.54, 1.807) is 6.20 Å². The maximum absolute atomic E-state index is 4.43. The summed E-state index contributed by atoms with van der Waals surface area (Å²) in [5.74, 6) is 0.642. The van der Waals surface area contributed by atoms with E-state index < -0.39 is 0 Å². The lowest BCUT2D eigenvalue weighted by Crippen LogP contribution is -2.09. The lowest BCUT2D eigenvalue weighted by molar-refractivity contribution is 0.685. The van der Waals surface area contributed by atoms with Crippen molar-refractivity contribution in [3.05, 3.63) is 71.8 Å². The minimum absolute atomic E-state index is 0.103. The highest BCUT2D eigenvalue weighted by molar-refractivity contribution is 5.30. The van der Waals surface area contributed by atoms with Gasteiger partial charge >= 0.3 is 0 Å². The Morgan fingerprint density at radius 1 is 1.18 bits per heavy atom. The van der Waals surface area contributed by atoms with Crippen molar-refractivity contribution in [2.45, 2.75) is 26.4 Å². The van der Waals surface area contributed by atoms with Gasteiger partial charge in [-0.05, 0) is 25.5 Å². The summed E-state index contributed by atoms with van der Waals surface area (Å²) in [6.45, 7) is 4.81. The Morgan fingerprint density at radius 3 is 2.77 bits per heavy atom. The molecule has 0 aliphatic carbocycles. The summed E-state index contributed by atoms with van der Waals surface area (Å²) in [6.07, 6.45) is 5.70. The highest BCUT2D eigenvalue weighted by atomic mass is 15.3. The first-order valence-electron chi connectivity index (χ1n) is 7.33. The number of anilines is 1. The Morgan fingerprint density at radius 2 is 2.00 bits per heavy atom. The first-order valence-corrected chi connectivity index (χ1v) is 7.33. The Kier molecular flexibility index (Phi) is 4.14. The Hall–Kier alpha value is -2.69. The Labute approximate surface area is 130 Å². The molecule has 3 rings (SSSR count). The number of benzene rings is 1. The van der Waals surface area contributed by atoms with E-state index in [2.05, 4.69) is 45.6 Å². The van der Waals surface area contributed by atoms with Crippen LogP contribution in [0, 0.1) is 6.92 Å². The van der Waals surface area contributed by atoms with E-state index in [-0.39, 0.29) is 6.04 Å². The van der Waals surface area contributed by atoms with Crippen molar-refractivity contribution in [2.75, 3.05) is 5.32 Å². The van der Waals surface area contributed by atoms with Crippen molar-refractivity contribution >= 4 is 5.95 Å². The fraction of sp³-hybridized carbons (Fsp3) is 0.235. The van der Waals surface area contributed by atoms with Crippen LogP contribution in [0.5, 0.6) is 0 Å². The molecule has 1 unspecified atom stereocenters. The third kappa shape index (κ3) is 3.49. The van der Waals surface area contributed by atoms with Crippen molar-refractivity contribution in [3.63, 3.8) is 0 Å². The predicted molar refractivity (Wildman–Crippen MR) is 86.6 cm³/mol. The van der Waals surface area contributed by atoms with Crippen LogP contribution >= 0.6 is 0 Å². The van der Waals surface area contributed by atoms with Gasteiger partial charge in [0.15, 0.2) is 0 Å². The lowest BCUT2D eigenvalue weighted by atomic mass is 10.2. The second-order valence-corrected chi connectivity index (χ2v) is 5.34. The maximum atomic E-state index is 4.43. The van der Waals surface area contributed by atoms with Crippen LogP contribution in [0.1, 0.15) is 29.8 Å². The van der Waals surface area contributed by atoms with Gasteiger partial charge < -0.3 is 5.32 Å². The van der Waals surface area contributed by atoms with Crippen molar-refractivity contribution in [1.82, 2.24) is 19.7 Å². The first kappa shape index (κ1) is 14.3. The first-order chi connectivity index (χ1) is 10.7. The molecule has 0 fully saturated rings. The standard InChI is InChI=1S/C17H19N5/c1-13-8-9-18-17(20-13)21-14(2)16-10-19-22(12-16)11-15-6-4-3-5-7-15/h3-10,12,14H,11H2,1-2H3,(H,18,20,21). The van der Waals surface area contributed by atoms with Gasteiger partial charge in [-0.1, -0.05) is 30.3 Å². The van der Waals surface area contributed by atoms with Gasteiger partial charge in [0.2, 0.25) is 5.95 Å². The molecule has 0 saturated heterocycles. The van der Waals surface area contributed by atoms with E-state index in [0.29, 0.717) is 5.95 Å². The minimum Gasteiger partial charge on any atom is -0.348 e. The summed E-state index contributed by atoms with van der Waals surface area (Å²) in [7, 11) is 0. The monoisotopic (exact) mass is 293 g/mol. The van der Waals surface area contributed by atoms with Crippen LogP contribution in [-0.4, -0.2) is 19.7 Å². The van der Waals surface area contributed by atoms with Crippen LogP contribution < -0.4 is 5.32 Å². The summed E-state index contributed by atoms with van der Waals surface area (Å²) in [5, 5.41) is 7.73. The number of aryl methyl sites for hydroxylation is 1. The van der Waals surface area contributed by atoms with Crippen LogP contribution in [0.25, 0.3) is 0 Å². The molecule has 1 atom stereocenters. The van der Waals surface area contributed by atoms with E-state index in [1.165, 1.54) is 5.56 Å². The number of aromatic nitrogens is 4. The predicted octanol–water partition coefficient (Wildman–Crippen LogP) is 3.20. The summed E-state index contributed by atoms with van der Waals surface area (Å²) >= 11 is 0. The summed E-state index contributed by atoms with van der Waals surface area (Å²) in [5.41, 5.74) is 3.30. The third-order valence-electron chi connectivity index (χ3n) is 3.48. The van der Waals surface area contributed by atoms with Crippen LogP contribution in [0.3, 0.4) is 0 Å². The van der Waals surface area contributed by atoms with E-state index in [1.807, 2.05) is 42.1 Å². The molecule has 0 radical (unpaired) electrons. The molecule has 0 aliphatic rings. The molecule has 2 heterocycles. The smallest absolute Gasteiger partial charge is 0.223 e. The third-order valence-corrected chi connectivity index (χ3v) is 3.48. The van der Waals surface area contributed by atoms with E-state index in [9.17, 15) is 0 Å². The molecule has 1 N–H and O–H groups in total. The molecule has 5 nitrogen and oxygen atoms in total. The molecule has 1 aromatic carbocycles. The molecule has 3 aromatic rings. The lowest BCUT2D eigenvalue weighted by Gasteiger charge is -2.11. The van der Waals surface area contributed by atoms with E-state index in [4.69, 9.17) is 0 Å². The SMILES string of the molecule is Cc1ccnc(NC(C)c2cnn(Cc3ccccc3)c2)n1. The fourth-order valence-corrected chi connectivity index (χ4v) is 2.26. The molecule has 112 valence electrons. The van der Waals surface area contributed by atoms with E-state index >= 15 is 0 Å². The van der Waals surface area contributed by atoms with Gasteiger partial charge in [0.1, 0.15) is 0 Å². The van der Waals surface area contributed by atoms with Gasteiger partial charge in [-0.25, -0.2) is 9.97 Å².